The van der Waals surface area contributed by atoms with Crippen LogP contribution in [0.4, 0.5) is 0 Å². The Kier molecular flexibility index (Phi) is 9.47. The number of carbonyl (C=O) groups is 2. The van der Waals surface area contributed by atoms with Gasteiger partial charge in [0, 0.05) is 19.6 Å². The van der Waals surface area contributed by atoms with E-state index in [0.717, 1.165) is 19.4 Å². The highest BCUT2D eigenvalue weighted by Gasteiger charge is 2.33. The van der Waals surface area contributed by atoms with Gasteiger partial charge in [-0.2, -0.15) is 0 Å². The number of hydrogen-bond acceptors (Lipinski definition) is 6. The Bertz CT molecular complexity index is 989. The minimum atomic E-state index is -3.73. The fourth-order valence-electron chi connectivity index (χ4n) is 4.76. The highest BCUT2D eigenvalue weighted by molar-refractivity contribution is 7.88. The summed E-state index contributed by atoms with van der Waals surface area (Å²) in [6.45, 7) is 1.27. The van der Waals surface area contributed by atoms with Crippen LogP contribution in [0.2, 0.25) is 0 Å². The molecule has 0 aliphatic carbocycles. The number of carbonyl (C=O) groups excluding carboxylic acids is 2. The number of amides is 2. The van der Waals surface area contributed by atoms with Crippen LogP contribution in [-0.4, -0.2) is 86.0 Å². The minimum absolute atomic E-state index is 0.0249. The lowest BCUT2D eigenvalue weighted by Crippen LogP contribution is -2.55. The van der Waals surface area contributed by atoms with Crippen molar-refractivity contribution >= 4 is 27.8 Å². The van der Waals surface area contributed by atoms with Gasteiger partial charge in [-0.15, -0.1) is 0 Å². The second-order valence-corrected chi connectivity index (χ2v) is 11.1. The Balaban J connectivity index is 1.50. The largest absolute Gasteiger partial charge is 0.394 e. The molecule has 0 unspecified atom stereocenters. The number of guanidine groups is 1. The van der Waals surface area contributed by atoms with Gasteiger partial charge < -0.3 is 26.0 Å². The first-order valence-corrected chi connectivity index (χ1v) is 13.6. The zero-order chi connectivity index (χ0) is 25.4. The summed E-state index contributed by atoms with van der Waals surface area (Å²) in [5.41, 5.74) is 6.21. The highest BCUT2D eigenvalue weighted by atomic mass is 32.2. The van der Waals surface area contributed by atoms with Gasteiger partial charge in [-0.05, 0) is 43.6 Å². The van der Waals surface area contributed by atoms with E-state index in [9.17, 15) is 23.1 Å². The van der Waals surface area contributed by atoms with Crippen molar-refractivity contribution < 1.29 is 23.1 Å². The quantitative estimate of drug-likeness (QED) is 0.211. The average Bonchev–Trinajstić information content (AvgIpc) is 2.81. The lowest BCUT2D eigenvalue weighted by Gasteiger charge is -2.35. The molecule has 2 amide bonds. The first kappa shape index (κ1) is 26.9. The van der Waals surface area contributed by atoms with Gasteiger partial charge in [0.05, 0.1) is 24.9 Å². The molecule has 12 heteroatoms. The third-order valence-electron chi connectivity index (χ3n) is 6.45. The lowest BCUT2D eigenvalue weighted by atomic mass is 9.91. The normalized spacial score (nSPS) is 22.0. The summed E-state index contributed by atoms with van der Waals surface area (Å²) in [6, 6.07) is 7.35. The van der Waals surface area contributed by atoms with Crippen molar-refractivity contribution in [1.82, 2.24) is 19.8 Å². The van der Waals surface area contributed by atoms with Gasteiger partial charge in [-0.3, -0.25) is 15.0 Å². The monoisotopic (exact) mass is 508 g/mol. The van der Waals surface area contributed by atoms with E-state index < -0.39 is 33.9 Å². The predicted octanol–water partition coefficient (Wildman–Crippen LogP) is -0.430. The molecule has 2 heterocycles. The van der Waals surface area contributed by atoms with Gasteiger partial charge >= 0.3 is 0 Å². The molecule has 2 saturated heterocycles. The maximum absolute atomic E-state index is 12.9. The number of aliphatic hydroxyl groups excluding tert-OH is 1. The molecule has 0 saturated carbocycles. The predicted molar refractivity (Wildman–Crippen MR) is 132 cm³/mol. The Morgan fingerprint density at radius 1 is 1.20 bits per heavy atom. The third kappa shape index (κ3) is 8.18. The molecule has 35 heavy (non-hydrogen) atoms. The fraction of sp³-hybridized carbons (Fsp3) is 0.609. The van der Waals surface area contributed by atoms with Crippen LogP contribution in [0.1, 0.15) is 37.7 Å². The highest BCUT2D eigenvalue weighted by Crippen LogP contribution is 2.21. The van der Waals surface area contributed by atoms with Crippen LogP contribution in [-0.2, 0) is 25.4 Å². The van der Waals surface area contributed by atoms with Gasteiger partial charge in [-0.1, -0.05) is 30.3 Å². The molecule has 0 spiro atoms. The van der Waals surface area contributed by atoms with Crippen molar-refractivity contribution in [2.24, 2.45) is 11.7 Å². The number of hydrogen-bond donors (Lipinski definition) is 5. The number of rotatable bonds is 10. The van der Waals surface area contributed by atoms with E-state index >= 15 is 0 Å². The molecular formula is C23H36N6O5S. The van der Waals surface area contributed by atoms with Crippen LogP contribution in [0.5, 0.6) is 0 Å². The number of benzene rings is 1. The molecule has 11 nitrogen and oxygen atoms in total. The number of nitrogens with one attached hydrogen (secondary N) is 3. The Morgan fingerprint density at radius 3 is 2.60 bits per heavy atom. The van der Waals surface area contributed by atoms with Crippen LogP contribution in [0, 0.1) is 11.3 Å². The molecule has 1 aromatic carbocycles. The summed E-state index contributed by atoms with van der Waals surface area (Å²) in [5.74, 6) is -0.835. The second-order valence-electron chi connectivity index (χ2n) is 9.34. The molecule has 2 aliphatic rings. The zero-order valence-electron chi connectivity index (χ0n) is 19.9. The van der Waals surface area contributed by atoms with Crippen LogP contribution in [0.25, 0.3) is 0 Å². The molecule has 3 atom stereocenters. The number of piperidine rings is 2. The smallest absolute Gasteiger partial charge is 0.241 e. The Labute approximate surface area is 206 Å². The standard InChI is InChI=1S/C23H36N6O5S/c24-23(25)29-11-4-8-18(13-29)12-19(15-30)26-21(31)14-28-10-5-9-20(22(28)32)27-35(33,34)16-17-6-2-1-3-7-17/h1-3,6-7,18-20,27,30H,4-5,8-16H2,(H3,24,25)(H,26,31)/t18-,19+,20+/m1/s1. The van der Waals surface area contributed by atoms with Gasteiger partial charge in [0.1, 0.15) is 6.04 Å². The SMILES string of the molecule is N=C(N)N1CCC[C@H](C[C@@H](CO)NC(=O)CN2CCC[C@H](NS(=O)(=O)Cc3ccccc3)C2=O)C1. The van der Waals surface area contributed by atoms with Gasteiger partial charge in [0.2, 0.25) is 21.8 Å². The van der Waals surface area contributed by atoms with Crippen molar-refractivity contribution in [2.75, 3.05) is 32.8 Å². The van der Waals surface area contributed by atoms with Gasteiger partial charge in [-0.25, -0.2) is 13.1 Å². The van der Waals surface area contributed by atoms with Crippen molar-refractivity contribution in [1.29, 1.82) is 5.41 Å². The maximum atomic E-state index is 12.9. The number of nitrogens with two attached hydrogens (primary N) is 1. The van der Waals surface area contributed by atoms with Gasteiger partial charge in [0.25, 0.3) is 0 Å². The van der Waals surface area contributed by atoms with E-state index in [1.54, 1.807) is 35.2 Å². The molecule has 2 fully saturated rings. The maximum Gasteiger partial charge on any atom is 0.241 e. The summed E-state index contributed by atoms with van der Waals surface area (Å²) in [7, 11) is -3.73. The van der Waals surface area contributed by atoms with Crippen LogP contribution < -0.4 is 15.8 Å². The first-order valence-electron chi connectivity index (χ1n) is 12.0. The lowest BCUT2D eigenvalue weighted by molar-refractivity contribution is -0.139. The van der Waals surface area contributed by atoms with E-state index in [0.29, 0.717) is 37.9 Å². The molecule has 0 aromatic heterocycles. The average molecular weight is 509 g/mol. The summed E-state index contributed by atoms with van der Waals surface area (Å²) in [4.78, 5) is 28.7. The van der Waals surface area contributed by atoms with Crippen molar-refractivity contribution in [2.45, 2.75) is 49.9 Å². The van der Waals surface area contributed by atoms with E-state index in [2.05, 4.69) is 10.0 Å². The number of nitrogens with zero attached hydrogens (tertiary/aromatic N) is 2. The van der Waals surface area contributed by atoms with E-state index in [4.69, 9.17) is 11.1 Å². The molecule has 1 aromatic rings. The van der Waals surface area contributed by atoms with E-state index in [1.165, 1.54) is 4.90 Å². The number of likely N-dealkylation sites (tertiary alicyclic amines) is 2. The molecule has 0 radical (unpaired) electrons. The van der Waals surface area contributed by atoms with Crippen molar-refractivity contribution in [3.63, 3.8) is 0 Å². The molecular weight excluding hydrogens is 472 g/mol. The number of aliphatic hydroxyl groups is 1. The van der Waals surface area contributed by atoms with E-state index in [-0.39, 0.29) is 30.8 Å². The van der Waals surface area contributed by atoms with E-state index in [1.807, 2.05) is 0 Å². The molecule has 194 valence electrons. The fourth-order valence-corrected chi connectivity index (χ4v) is 6.13. The topological polar surface area (TPSA) is 169 Å². The van der Waals surface area contributed by atoms with Crippen molar-refractivity contribution in [3.05, 3.63) is 35.9 Å². The summed E-state index contributed by atoms with van der Waals surface area (Å²) in [6.07, 6.45) is 3.30. The molecule has 0 bridgehead atoms. The van der Waals surface area contributed by atoms with Crippen LogP contribution in [0.15, 0.2) is 30.3 Å². The molecule has 3 rings (SSSR count). The number of sulfonamides is 1. The minimum Gasteiger partial charge on any atom is -0.394 e. The summed E-state index contributed by atoms with van der Waals surface area (Å²) < 4.78 is 27.6. The molecule has 6 N–H and O–H groups in total. The summed E-state index contributed by atoms with van der Waals surface area (Å²) >= 11 is 0. The third-order valence-corrected chi connectivity index (χ3v) is 7.81. The first-order chi connectivity index (χ1) is 16.7. The Hall–Kier alpha value is -2.70. The van der Waals surface area contributed by atoms with Crippen molar-refractivity contribution in [3.8, 4) is 0 Å². The van der Waals surface area contributed by atoms with Crippen LogP contribution in [0.3, 0.4) is 0 Å². The Morgan fingerprint density at radius 2 is 1.91 bits per heavy atom. The zero-order valence-corrected chi connectivity index (χ0v) is 20.7. The molecule has 2 aliphatic heterocycles. The van der Waals surface area contributed by atoms with Gasteiger partial charge in [0.15, 0.2) is 5.96 Å². The second kappa shape index (κ2) is 12.3. The van der Waals surface area contributed by atoms with Crippen LogP contribution >= 0.6 is 0 Å². The summed E-state index contributed by atoms with van der Waals surface area (Å²) in [5, 5.41) is 20.2.